The van der Waals surface area contributed by atoms with Gasteiger partial charge in [0.2, 0.25) is 5.91 Å². The Morgan fingerprint density at radius 1 is 1.19 bits per heavy atom. The van der Waals surface area contributed by atoms with E-state index in [0.29, 0.717) is 40.6 Å². The zero-order valence-corrected chi connectivity index (χ0v) is 22.2. The molecule has 1 saturated heterocycles. The number of halogens is 2. The quantitative estimate of drug-likeness (QED) is 0.290. The molecular weight excluding hydrogens is 517 g/mol. The molecule has 2 aliphatic heterocycles. The van der Waals surface area contributed by atoms with Crippen LogP contribution in [0.1, 0.15) is 28.8 Å². The first-order valence-corrected chi connectivity index (χ1v) is 13.5. The van der Waals surface area contributed by atoms with Crippen LogP contribution in [0.15, 0.2) is 52.4 Å². The van der Waals surface area contributed by atoms with Crippen LogP contribution in [0.2, 0.25) is 10.0 Å². The number of amides is 2. The first-order chi connectivity index (χ1) is 17.4. The summed E-state index contributed by atoms with van der Waals surface area (Å²) in [5.74, 6) is 0.0539. The van der Waals surface area contributed by atoms with Gasteiger partial charge in [-0.1, -0.05) is 41.4 Å². The van der Waals surface area contributed by atoms with Crippen molar-refractivity contribution in [2.24, 2.45) is 10.7 Å². The SMILES string of the molecule is C=Nc1c(SCN)cccc1C1=CCN(C2CCN(C(=O)CNC(=O)c3ccc(Cl)c(Cl)c3)C2)CC1. The zero-order chi connectivity index (χ0) is 25.7. The minimum Gasteiger partial charge on any atom is -0.343 e. The molecule has 0 spiro atoms. The number of carbonyl (C=O) groups excluding carboxylic acids is 2. The summed E-state index contributed by atoms with van der Waals surface area (Å²) in [7, 11) is 0. The number of thioether (sulfide) groups is 1. The summed E-state index contributed by atoms with van der Waals surface area (Å²) in [6.07, 6.45) is 4.08. The van der Waals surface area contributed by atoms with Crippen LogP contribution in [0.5, 0.6) is 0 Å². The van der Waals surface area contributed by atoms with Gasteiger partial charge in [0, 0.05) is 54.1 Å². The van der Waals surface area contributed by atoms with E-state index in [1.54, 1.807) is 23.9 Å². The number of nitrogens with one attached hydrogen (secondary N) is 1. The number of nitrogens with two attached hydrogens (primary N) is 1. The van der Waals surface area contributed by atoms with E-state index in [2.05, 4.69) is 34.1 Å². The van der Waals surface area contributed by atoms with Crippen molar-refractivity contribution in [1.82, 2.24) is 15.1 Å². The summed E-state index contributed by atoms with van der Waals surface area (Å²) < 4.78 is 0. The highest BCUT2D eigenvalue weighted by atomic mass is 35.5. The van der Waals surface area contributed by atoms with Gasteiger partial charge in [-0.15, -0.1) is 11.8 Å². The van der Waals surface area contributed by atoms with E-state index in [0.717, 1.165) is 42.1 Å². The van der Waals surface area contributed by atoms with Crippen LogP contribution in [0.25, 0.3) is 5.57 Å². The molecule has 2 aromatic carbocycles. The molecule has 0 aliphatic carbocycles. The fourth-order valence-corrected chi connectivity index (χ4v) is 5.65. The summed E-state index contributed by atoms with van der Waals surface area (Å²) in [6, 6.07) is 11.1. The second kappa shape index (κ2) is 12.3. The lowest BCUT2D eigenvalue weighted by atomic mass is 9.97. The number of carbonyl (C=O) groups is 2. The minimum atomic E-state index is -0.353. The van der Waals surface area contributed by atoms with Crippen molar-refractivity contribution in [2.75, 3.05) is 38.6 Å². The van der Waals surface area contributed by atoms with Crippen molar-refractivity contribution < 1.29 is 9.59 Å². The summed E-state index contributed by atoms with van der Waals surface area (Å²) in [4.78, 5) is 34.7. The van der Waals surface area contributed by atoms with Gasteiger partial charge in [-0.2, -0.15) is 0 Å². The molecule has 1 unspecified atom stereocenters. The normalized spacial score (nSPS) is 18.1. The number of aliphatic imine (C=N–C) groups is 1. The molecule has 2 amide bonds. The average Bonchev–Trinajstić information content (AvgIpc) is 3.39. The van der Waals surface area contributed by atoms with Crippen LogP contribution in [-0.2, 0) is 4.79 Å². The van der Waals surface area contributed by atoms with Gasteiger partial charge in [-0.25, -0.2) is 0 Å². The first kappa shape index (κ1) is 26.7. The van der Waals surface area contributed by atoms with Gasteiger partial charge in [0.25, 0.3) is 5.91 Å². The number of nitrogens with zero attached hydrogens (tertiary/aromatic N) is 3. The van der Waals surface area contributed by atoms with Crippen LogP contribution in [-0.4, -0.2) is 73.0 Å². The first-order valence-electron chi connectivity index (χ1n) is 11.8. The second-order valence-electron chi connectivity index (χ2n) is 8.69. The molecule has 2 heterocycles. The lowest BCUT2D eigenvalue weighted by molar-refractivity contribution is -0.129. The van der Waals surface area contributed by atoms with E-state index in [1.165, 1.54) is 11.6 Å². The predicted octanol–water partition coefficient (Wildman–Crippen LogP) is 4.45. The molecule has 1 fully saturated rings. The maximum absolute atomic E-state index is 12.7. The summed E-state index contributed by atoms with van der Waals surface area (Å²) in [5, 5.41) is 3.37. The van der Waals surface area contributed by atoms with Crippen LogP contribution >= 0.6 is 35.0 Å². The molecule has 190 valence electrons. The Morgan fingerprint density at radius 3 is 2.72 bits per heavy atom. The highest BCUT2D eigenvalue weighted by molar-refractivity contribution is 7.99. The Hall–Kier alpha value is -2.36. The summed E-state index contributed by atoms with van der Waals surface area (Å²) in [6.45, 7) is 6.79. The summed E-state index contributed by atoms with van der Waals surface area (Å²) >= 11 is 13.5. The second-order valence-corrected chi connectivity index (χ2v) is 10.6. The molecule has 4 rings (SSSR count). The highest BCUT2D eigenvalue weighted by Crippen LogP contribution is 2.38. The molecule has 1 atom stereocenters. The van der Waals surface area contributed by atoms with Gasteiger partial charge in [0.05, 0.1) is 22.3 Å². The third-order valence-electron chi connectivity index (χ3n) is 6.60. The average molecular weight is 547 g/mol. The number of hydrogen-bond donors (Lipinski definition) is 2. The zero-order valence-electron chi connectivity index (χ0n) is 19.9. The van der Waals surface area contributed by atoms with Crippen molar-refractivity contribution >= 4 is 64.8 Å². The van der Waals surface area contributed by atoms with Crippen LogP contribution in [0.4, 0.5) is 5.69 Å². The molecule has 0 saturated carbocycles. The van der Waals surface area contributed by atoms with Crippen molar-refractivity contribution in [1.29, 1.82) is 0 Å². The molecule has 36 heavy (non-hydrogen) atoms. The maximum atomic E-state index is 12.7. The Morgan fingerprint density at radius 2 is 2.03 bits per heavy atom. The highest BCUT2D eigenvalue weighted by Gasteiger charge is 2.31. The van der Waals surface area contributed by atoms with E-state index in [9.17, 15) is 9.59 Å². The number of para-hydroxylation sites is 1. The molecule has 0 bridgehead atoms. The number of likely N-dealkylation sites (tertiary alicyclic amines) is 1. The van der Waals surface area contributed by atoms with Gasteiger partial charge >= 0.3 is 0 Å². The van der Waals surface area contributed by atoms with Gasteiger partial charge in [-0.05, 0) is 49.4 Å². The molecule has 10 heteroatoms. The third-order valence-corrected chi connectivity index (χ3v) is 8.14. The lowest BCUT2D eigenvalue weighted by Gasteiger charge is -2.32. The van der Waals surface area contributed by atoms with Crippen LogP contribution in [0.3, 0.4) is 0 Å². The fraction of sp³-hybridized carbons (Fsp3) is 0.346. The van der Waals surface area contributed by atoms with E-state index in [1.807, 2.05) is 17.0 Å². The molecule has 0 aromatic heterocycles. The van der Waals surface area contributed by atoms with Gasteiger partial charge in [0.1, 0.15) is 0 Å². The van der Waals surface area contributed by atoms with E-state index >= 15 is 0 Å². The number of benzene rings is 2. The molecule has 3 N–H and O–H groups in total. The molecule has 2 aromatic rings. The van der Waals surface area contributed by atoms with E-state index < -0.39 is 0 Å². The smallest absolute Gasteiger partial charge is 0.251 e. The molecular formula is C26H29Cl2N5O2S. The molecule has 7 nitrogen and oxygen atoms in total. The topological polar surface area (TPSA) is 91.0 Å². The van der Waals surface area contributed by atoms with Crippen molar-refractivity contribution in [3.63, 3.8) is 0 Å². The molecule has 0 radical (unpaired) electrons. The predicted molar refractivity (Wildman–Crippen MR) is 149 cm³/mol. The number of hydrogen-bond acceptors (Lipinski definition) is 6. The van der Waals surface area contributed by atoms with Crippen LogP contribution in [0, 0.1) is 0 Å². The van der Waals surface area contributed by atoms with Gasteiger partial charge in [-0.3, -0.25) is 19.5 Å². The fourth-order valence-electron chi connectivity index (χ4n) is 4.69. The standard InChI is InChI=1S/C26H29Cl2N5O2S/c1-30-25-20(3-2-4-23(25)36-16-29)17-7-10-32(11-8-17)19-9-12-33(15-19)24(34)14-31-26(35)18-5-6-21(27)22(28)13-18/h2-7,13,19H,1,8-12,14-16,29H2,(H,31,35). The van der Waals surface area contributed by atoms with E-state index in [-0.39, 0.29) is 18.4 Å². The minimum absolute atomic E-state index is 0.0513. The van der Waals surface area contributed by atoms with Crippen molar-refractivity contribution in [2.45, 2.75) is 23.8 Å². The lowest BCUT2D eigenvalue weighted by Crippen LogP contribution is -2.43. The van der Waals surface area contributed by atoms with Crippen LogP contribution < -0.4 is 11.1 Å². The Bertz CT molecular complexity index is 1190. The summed E-state index contributed by atoms with van der Waals surface area (Å²) in [5.41, 5.74) is 9.37. The van der Waals surface area contributed by atoms with Crippen molar-refractivity contribution in [3.05, 3.63) is 63.6 Å². The van der Waals surface area contributed by atoms with Gasteiger partial charge < -0.3 is 16.0 Å². The molecule has 2 aliphatic rings. The largest absolute Gasteiger partial charge is 0.343 e. The van der Waals surface area contributed by atoms with Gasteiger partial charge in [0.15, 0.2) is 0 Å². The third kappa shape index (κ3) is 6.12. The van der Waals surface area contributed by atoms with Crippen molar-refractivity contribution in [3.8, 4) is 0 Å². The Kier molecular flexibility index (Phi) is 9.09. The maximum Gasteiger partial charge on any atom is 0.251 e. The Balaban J connectivity index is 1.30. The number of rotatable bonds is 8. The monoisotopic (exact) mass is 545 g/mol. The Labute approximate surface area is 225 Å². The van der Waals surface area contributed by atoms with E-state index in [4.69, 9.17) is 28.9 Å².